The van der Waals surface area contributed by atoms with E-state index >= 15 is 0 Å². The third kappa shape index (κ3) is 20.3. The van der Waals surface area contributed by atoms with Crippen molar-refractivity contribution in [3.63, 3.8) is 0 Å². The van der Waals surface area contributed by atoms with Crippen molar-refractivity contribution in [2.45, 2.75) is 0 Å². The Hall–Kier alpha value is 0.690. The van der Waals surface area contributed by atoms with Gasteiger partial charge in [-0.2, -0.15) is 0 Å². The van der Waals surface area contributed by atoms with Crippen molar-refractivity contribution in [2.75, 3.05) is 14.1 Å². The van der Waals surface area contributed by atoms with Gasteiger partial charge < -0.3 is 13.2 Å². The summed E-state index contributed by atoms with van der Waals surface area (Å²) in [4.78, 5) is 10.9. The fourth-order valence-corrected chi connectivity index (χ4v) is 0. The molecule has 0 bridgehead atoms. The Balaban J connectivity index is -0.0000000133. The fourth-order valence-electron chi connectivity index (χ4n) is 0. The first kappa shape index (κ1) is 15.6. The van der Waals surface area contributed by atoms with Crippen LogP contribution in [-0.2, 0) is 4.79 Å². The second-order valence-electron chi connectivity index (χ2n) is 1.07. The number of hydrogen-bond donors (Lipinski definition) is 0. The summed E-state index contributed by atoms with van der Waals surface area (Å²) in [6.45, 7) is 0. The van der Waals surface area contributed by atoms with Crippen LogP contribution in [0, 0.1) is 0 Å². The number of nitrogens with zero attached hydrogens (tertiary/aromatic N) is 1. The Morgan fingerprint density at radius 1 is 1.57 bits per heavy atom. The van der Waals surface area contributed by atoms with Crippen molar-refractivity contribution in [1.82, 2.24) is 4.90 Å². The normalized spacial score (nSPS) is 4.86. The minimum Gasteiger partial charge on any atom is -1.00 e. The molecule has 0 aromatic carbocycles. The first-order valence-corrected chi connectivity index (χ1v) is 1.39. The Bertz CT molecular complexity index is 46.8. The molecule has 4 heteroatoms. The number of amides is 1. The smallest absolute Gasteiger partial charge is 1.00 e. The summed E-state index contributed by atoms with van der Waals surface area (Å²) in [5.74, 6) is 0. The number of carbonyl (C=O) groups is 1. The van der Waals surface area contributed by atoms with Gasteiger partial charge in [0.25, 0.3) is 0 Å². The molecule has 0 saturated heterocycles. The molecule has 0 aliphatic carbocycles. The van der Waals surface area contributed by atoms with E-state index < -0.39 is 0 Å². The second kappa shape index (κ2) is 9.85. The molecule has 42 valence electrons. The fraction of sp³-hybridized carbons (Fsp3) is 0.667. The standard InChI is InChI=1S/C3H7NO.Ca.H2O.2H/c1-4(2)3-5;;;;/h3H,1-2H3;;1H2;;/q;+2;;2*-1. The molecule has 0 spiro atoms. The largest absolute Gasteiger partial charge is 2.00 e. The molecule has 0 saturated carbocycles. The Morgan fingerprint density at radius 3 is 1.71 bits per heavy atom. The van der Waals surface area contributed by atoms with Crippen molar-refractivity contribution >= 4 is 44.1 Å². The van der Waals surface area contributed by atoms with Crippen molar-refractivity contribution in [1.29, 1.82) is 0 Å². The van der Waals surface area contributed by atoms with Gasteiger partial charge in [0, 0.05) is 14.1 Å². The molecule has 0 unspecified atom stereocenters. The predicted molar refractivity (Wildman–Crippen MR) is 31.3 cm³/mol. The summed E-state index contributed by atoms with van der Waals surface area (Å²) < 4.78 is 0. The van der Waals surface area contributed by atoms with E-state index in [1.54, 1.807) is 14.1 Å². The summed E-state index contributed by atoms with van der Waals surface area (Å²) in [5, 5.41) is 0. The molecule has 0 fully saturated rings. The maximum absolute atomic E-state index is 9.43. The molecule has 0 aromatic rings. The summed E-state index contributed by atoms with van der Waals surface area (Å²) in [6, 6.07) is 0. The van der Waals surface area contributed by atoms with E-state index in [0.29, 0.717) is 0 Å². The van der Waals surface area contributed by atoms with Crippen molar-refractivity contribution < 1.29 is 13.1 Å². The van der Waals surface area contributed by atoms with E-state index in [4.69, 9.17) is 0 Å². The van der Waals surface area contributed by atoms with Crippen molar-refractivity contribution in [3.8, 4) is 0 Å². The molecule has 7 heavy (non-hydrogen) atoms. The van der Waals surface area contributed by atoms with Gasteiger partial charge in [-0.15, -0.1) is 0 Å². The first-order chi connectivity index (χ1) is 2.27. The molecule has 0 heterocycles. The van der Waals surface area contributed by atoms with Gasteiger partial charge in [0.05, 0.1) is 0 Å². The molecule has 0 aromatic heterocycles. The van der Waals surface area contributed by atoms with E-state index in [-0.39, 0.29) is 46.1 Å². The summed E-state index contributed by atoms with van der Waals surface area (Å²) in [6.07, 6.45) is 0.750. The Labute approximate surface area is 76.0 Å². The van der Waals surface area contributed by atoms with Crippen LogP contribution in [0.5, 0.6) is 0 Å². The zero-order valence-electron chi connectivity index (χ0n) is 6.64. The van der Waals surface area contributed by atoms with E-state index in [1.807, 2.05) is 0 Å². The van der Waals surface area contributed by atoms with Gasteiger partial charge in [-0.1, -0.05) is 0 Å². The minimum atomic E-state index is 0. The predicted octanol–water partition coefficient (Wildman–Crippen LogP) is -1.28. The van der Waals surface area contributed by atoms with Crippen molar-refractivity contribution in [2.24, 2.45) is 0 Å². The Morgan fingerprint density at radius 2 is 1.71 bits per heavy atom. The van der Waals surface area contributed by atoms with Crippen LogP contribution in [0.15, 0.2) is 0 Å². The zero-order chi connectivity index (χ0) is 4.28. The van der Waals surface area contributed by atoms with E-state index in [1.165, 1.54) is 4.90 Å². The second-order valence-corrected chi connectivity index (χ2v) is 1.07. The van der Waals surface area contributed by atoms with Crippen LogP contribution in [0.4, 0.5) is 0 Å². The average molecular weight is 133 g/mol. The summed E-state index contributed by atoms with van der Waals surface area (Å²) in [5.41, 5.74) is 0. The van der Waals surface area contributed by atoms with Crippen LogP contribution in [0.3, 0.4) is 0 Å². The topological polar surface area (TPSA) is 51.8 Å². The van der Waals surface area contributed by atoms with Gasteiger partial charge in [-0.05, 0) is 0 Å². The van der Waals surface area contributed by atoms with Gasteiger partial charge in [0.15, 0.2) is 0 Å². The molecule has 3 nitrogen and oxygen atoms in total. The van der Waals surface area contributed by atoms with Crippen LogP contribution >= 0.6 is 0 Å². The number of rotatable bonds is 1. The number of carbonyl (C=O) groups excluding carboxylic acids is 1. The van der Waals surface area contributed by atoms with Crippen LogP contribution in [0.2, 0.25) is 0 Å². The van der Waals surface area contributed by atoms with Gasteiger partial charge in [0.1, 0.15) is 0 Å². The molecular weight excluding hydrogens is 122 g/mol. The summed E-state index contributed by atoms with van der Waals surface area (Å²) >= 11 is 0. The molecule has 0 aliphatic rings. The molecule has 2 N–H and O–H groups in total. The van der Waals surface area contributed by atoms with Gasteiger partial charge in [0.2, 0.25) is 6.41 Å². The molecule has 0 radical (unpaired) electrons. The van der Waals surface area contributed by atoms with E-state index in [2.05, 4.69) is 0 Å². The third-order valence-corrected chi connectivity index (χ3v) is 0.211. The Kier molecular flexibility index (Phi) is 22.0. The van der Waals surface area contributed by atoms with Gasteiger partial charge in [-0.25, -0.2) is 0 Å². The average Bonchev–Trinajstić information content (AvgIpc) is 1.38. The SMILES string of the molecule is CN(C)C=O.O.[Ca+2].[H-].[H-]. The monoisotopic (exact) mass is 133 g/mol. The van der Waals surface area contributed by atoms with Gasteiger partial charge in [-0.3, -0.25) is 4.79 Å². The van der Waals surface area contributed by atoms with Gasteiger partial charge >= 0.3 is 37.7 Å². The van der Waals surface area contributed by atoms with E-state index in [9.17, 15) is 4.79 Å². The quantitative estimate of drug-likeness (QED) is 0.325. The first-order valence-electron chi connectivity index (χ1n) is 1.39. The molecular formula is C3H11CaNO2. The van der Waals surface area contributed by atoms with E-state index in [0.717, 1.165) is 6.41 Å². The minimum absolute atomic E-state index is 0. The van der Waals surface area contributed by atoms with Crippen molar-refractivity contribution in [3.05, 3.63) is 0 Å². The zero-order valence-corrected chi connectivity index (χ0v) is 6.85. The molecule has 1 amide bonds. The third-order valence-electron chi connectivity index (χ3n) is 0.211. The maximum Gasteiger partial charge on any atom is 2.00 e. The molecule has 0 aliphatic heterocycles. The van der Waals surface area contributed by atoms with Crippen LogP contribution in [0.25, 0.3) is 0 Å². The van der Waals surface area contributed by atoms with Crippen LogP contribution < -0.4 is 0 Å². The van der Waals surface area contributed by atoms with Crippen LogP contribution in [-0.4, -0.2) is 68.6 Å². The molecule has 0 rings (SSSR count). The number of hydrogen-bond acceptors (Lipinski definition) is 1. The van der Waals surface area contributed by atoms with Crippen LogP contribution in [0.1, 0.15) is 2.85 Å². The molecule has 0 atom stereocenters. The maximum atomic E-state index is 9.43. The summed E-state index contributed by atoms with van der Waals surface area (Å²) in [7, 11) is 3.38.